The predicted molar refractivity (Wildman–Crippen MR) is 112 cm³/mol. The van der Waals surface area contributed by atoms with Crippen molar-refractivity contribution in [3.8, 4) is 0 Å². The molecule has 0 unspecified atom stereocenters. The van der Waals surface area contributed by atoms with Gasteiger partial charge in [-0.3, -0.25) is 9.89 Å². The topological polar surface area (TPSA) is 39.7 Å². The summed E-state index contributed by atoms with van der Waals surface area (Å²) in [5.41, 5.74) is 0.164. The lowest BCUT2D eigenvalue weighted by Crippen LogP contribution is -2.54. The molecule has 0 aliphatic carbocycles. The summed E-state index contributed by atoms with van der Waals surface area (Å²) < 4.78 is 0. The van der Waals surface area contributed by atoms with Gasteiger partial charge in [0.2, 0.25) is 0 Å². The Bertz CT molecular complexity index is 493. The Hall–Kier alpha value is -0.340. The van der Waals surface area contributed by atoms with Gasteiger partial charge < -0.3 is 10.6 Å². The Morgan fingerprint density at radius 3 is 2.48 bits per heavy atom. The molecule has 0 atom stereocenters. The fraction of sp³-hybridized carbons (Fsp3) is 0.706. The molecule has 6 heteroatoms. The van der Waals surface area contributed by atoms with Crippen molar-refractivity contribution < 1.29 is 0 Å². The first-order valence-electron chi connectivity index (χ1n) is 8.26. The lowest BCUT2D eigenvalue weighted by atomic mass is 9.98. The molecule has 0 aromatic carbocycles. The summed E-state index contributed by atoms with van der Waals surface area (Å²) in [5.74, 6) is 0.885. The largest absolute Gasteiger partial charge is 0.355 e. The zero-order valence-corrected chi connectivity index (χ0v) is 18.0. The summed E-state index contributed by atoms with van der Waals surface area (Å²) in [6, 6.07) is 4.34. The van der Waals surface area contributed by atoms with Crippen LogP contribution in [0.5, 0.6) is 0 Å². The highest BCUT2D eigenvalue weighted by atomic mass is 127. The van der Waals surface area contributed by atoms with E-state index in [0.29, 0.717) is 0 Å². The first-order chi connectivity index (χ1) is 10.5. The van der Waals surface area contributed by atoms with Crippen LogP contribution in [0.4, 0.5) is 0 Å². The van der Waals surface area contributed by atoms with Crippen LogP contribution >= 0.6 is 35.3 Å². The van der Waals surface area contributed by atoms with Gasteiger partial charge in [-0.2, -0.15) is 0 Å². The predicted octanol–water partition coefficient (Wildman–Crippen LogP) is 3.60. The SMILES string of the molecule is CN=C(NCc1ccc(C)s1)NCC(C)(C)N1CCCCC1.I. The van der Waals surface area contributed by atoms with Crippen LogP contribution < -0.4 is 10.6 Å². The van der Waals surface area contributed by atoms with Crippen LogP contribution in [0.25, 0.3) is 0 Å². The molecule has 0 bridgehead atoms. The molecule has 1 fully saturated rings. The van der Waals surface area contributed by atoms with Gasteiger partial charge in [0.05, 0.1) is 6.54 Å². The molecule has 1 aliphatic rings. The smallest absolute Gasteiger partial charge is 0.191 e. The van der Waals surface area contributed by atoms with Crippen molar-refractivity contribution in [2.45, 2.75) is 52.1 Å². The van der Waals surface area contributed by atoms with E-state index in [4.69, 9.17) is 0 Å². The van der Waals surface area contributed by atoms with Crippen LogP contribution in [-0.2, 0) is 6.54 Å². The number of hydrogen-bond donors (Lipinski definition) is 2. The number of rotatable bonds is 5. The van der Waals surface area contributed by atoms with E-state index in [1.165, 1.54) is 42.1 Å². The third-order valence-corrected chi connectivity index (χ3v) is 5.35. The van der Waals surface area contributed by atoms with E-state index in [0.717, 1.165) is 19.0 Å². The van der Waals surface area contributed by atoms with Crippen molar-refractivity contribution in [1.29, 1.82) is 0 Å². The number of nitrogens with zero attached hydrogens (tertiary/aromatic N) is 2. The average Bonchev–Trinajstić information content (AvgIpc) is 2.94. The quantitative estimate of drug-likeness (QED) is 0.409. The molecule has 0 amide bonds. The van der Waals surface area contributed by atoms with Crippen LogP contribution in [0.2, 0.25) is 0 Å². The molecule has 1 saturated heterocycles. The number of likely N-dealkylation sites (tertiary alicyclic amines) is 1. The standard InChI is InChI=1S/C17H30N4S.HI/c1-14-8-9-15(22-14)12-19-16(18-4)20-13-17(2,3)21-10-6-5-7-11-21;/h8-9H,5-7,10-13H2,1-4H3,(H2,18,19,20);1H. The molecule has 0 radical (unpaired) electrons. The Balaban J connectivity index is 0.00000264. The second-order valence-electron chi connectivity index (χ2n) is 6.65. The molecule has 0 saturated carbocycles. The average molecular weight is 450 g/mol. The first-order valence-corrected chi connectivity index (χ1v) is 9.08. The summed E-state index contributed by atoms with van der Waals surface area (Å²) >= 11 is 1.83. The van der Waals surface area contributed by atoms with Crippen molar-refractivity contribution in [1.82, 2.24) is 15.5 Å². The number of halogens is 1. The van der Waals surface area contributed by atoms with Gasteiger partial charge in [-0.1, -0.05) is 6.42 Å². The third kappa shape index (κ3) is 6.58. The van der Waals surface area contributed by atoms with Crippen molar-refractivity contribution in [2.75, 3.05) is 26.7 Å². The van der Waals surface area contributed by atoms with E-state index >= 15 is 0 Å². The number of hydrogen-bond acceptors (Lipinski definition) is 3. The summed E-state index contributed by atoms with van der Waals surface area (Å²) in [7, 11) is 1.84. The molecule has 132 valence electrons. The maximum Gasteiger partial charge on any atom is 0.191 e. The maximum atomic E-state index is 4.34. The second-order valence-corrected chi connectivity index (χ2v) is 8.02. The van der Waals surface area contributed by atoms with Gasteiger partial charge >= 0.3 is 0 Å². The van der Waals surface area contributed by atoms with Gasteiger partial charge in [0.15, 0.2) is 5.96 Å². The van der Waals surface area contributed by atoms with E-state index in [9.17, 15) is 0 Å². The highest BCUT2D eigenvalue weighted by molar-refractivity contribution is 14.0. The molecule has 23 heavy (non-hydrogen) atoms. The minimum Gasteiger partial charge on any atom is -0.355 e. The molecule has 1 aromatic heterocycles. The summed E-state index contributed by atoms with van der Waals surface area (Å²) in [4.78, 5) is 9.63. The number of thiophene rings is 1. The van der Waals surface area contributed by atoms with E-state index in [1.54, 1.807) is 0 Å². The Morgan fingerprint density at radius 1 is 1.22 bits per heavy atom. The Morgan fingerprint density at radius 2 is 1.91 bits per heavy atom. The highest BCUT2D eigenvalue weighted by Crippen LogP contribution is 2.19. The summed E-state index contributed by atoms with van der Waals surface area (Å²) in [6.45, 7) is 11.0. The molecule has 1 aliphatic heterocycles. The molecule has 0 spiro atoms. The van der Waals surface area contributed by atoms with Crippen LogP contribution in [-0.4, -0.2) is 43.1 Å². The molecule has 2 rings (SSSR count). The van der Waals surface area contributed by atoms with Crippen LogP contribution in [0.3, 0.4) is 0 Å². The molecular formula is C17H31IN4S. The van der Waals surface area contributed by atoms with Crippen LogP contribution in [0, 0.1) is 6.92 Å². The fourth-order valence-electron chi connectivity index (χ4n) is 2.88. The zero-order chi connectivity index (χ0) is 16.0. The number of aliphatic imine (C=N–C) groups is 1. The first kappa shape index (κ1) is 20.7. The highest BCUT2D eigenvalue weighted by Gasteiger charge is 2.27. The third-order valence-electron chi connectivity index (χ3n) is 4.35. The Kier molecular flexibility index (Phi) is 8.85. The molecule has 4 nitrogen and oxygen atoms in total. The minimum atomic E-state index is 0. The molecule has 2 heterocycles. The lowest BCUT2D eigenvalue weighted by molar-refractivity contribution is 0.0982. The molecule has 2 N–H and O–H groups in total. The monoisotopic (exact) mass is 450 g/mol. The van der Waals surface area contributed by atoms with Gasteiger partial charge in [0.25, 0.3) is 0 Å². The van der Waals surface area contributed by atoms with Gasteiger partial charge in [0, 0.05) is 28.9 Å². The minimum absolute atomic E-state index is 0. The van der Waals surface area contributed by atoms with E-state index in [2.05, 4.69) is 53.4 Å². The molecule has 1 aromatic rings. The van der Waals surface area contributed by atoms with E-state index in [1.807, 2.05) is 18.4 Å². The molecular weight excluding hydrogens is 419 g/mol. The number of piperidine rings is 1. The second kappa shape index (κ2) is 9.84. The van der Waals surface area contributed by atoms with Gasteiger partial charge in [-0.25, -0.2) is 0 Å². The number of nitrogens with one attached hydrogen (secondary N) is 2. The van der Waals surface area contributed by atoms with Gasteiger partial charge in [0.1, 0.15) is 0 Å². The normalized spacial score (nSPS) is 16.8. The maximum absolute atomic E-state index is 4.34. The summed E-state index contributed by atoms with van der Waals surface area (Å²) in [5, 5.41) is 6.89. The van der Waals surface area contributed by atoms with Crippen molar-refractivity contribution in [2.24, 2.45) is 4.99 Å². The number of guanidine groups is 1. The van der Waals surface area contributed by atoms with Gasteiger partial charge in [-0.15, -0.1) is 35.3 Å². The lowest BCUT2D eigenvalue weighted by Gasteiger charge is -2.41. The van der Waals surface area contributed by atoms with Gasteiger partial charge in [-0.05, 0) is 58.8 Å². The zero-order valence-electron chi connectivity index (χ0n) is 14.8. The van der Waals surface area contributed by atoms with E-state index in [-0.39, 0.29) is 29.5 Å². The van der Waals surface area contributed by atoms with E-state index < -0.39 is 0 Å². The van der Waals surface area contributed by atoms with Crippen molar-refractivity contribution >= 4 is 41.3 Å². The van der Waals surface area contributed by atoms with Crippen LogP contribution in [0.1, 0.15) is 42.9 Å². The van der Waals surface area contributed by atoms with Crippen molar-refractivity contribution in [3.05, 3.63) is 21.9 Å². The van der Waals surface area contributed by atoms with Crippen LogP contribution in [0.15, 0.2) is 17.1 Å². The fourth-order valence-corrected chi connectivity index (χ4v) is 3.71. The summed E-state index contributed by atoms with van der Waals surface area (Å²) in [6.07, 6.45) is 4.03. The van der Waals surface area contributed by atoms with Crippen molar-refractivity contribution in [3.63, 3.8) is 0 Å². The number of aryl methyl sites for hydroxylation is 1. The Labute approximate surface area is 162 Å².